The van der Waals surface area contributed by atoms with Crippen molar-refractivity contribution in [2.75, 3.05) is 13.2 Å². The molecular weight excluding hydrogens is 431 g/mol. The fraction of sp³-hybridized carbons (Fsp3) is 0.286. The Balaban J connectivity index is 1.50. The number of hydrogen-bond acceptors (Lipinski definition) is 3. The first-order valence-corrected chi connectivity index (χ1v) is 11.6. The zero-order valence-corrected chi connectivity index (χ0v) is 19.5. The van der Waals surface area contributed by atoms with Crippen LogP contribution in [-0.4, -0.2) is 29.9 Å². The van der Waals surface area contributed by atoms with Crippen LogP contribution in [0.5, 0.6) is 5.75 Å². The normalized spacial score (nSPS) is 14.9. The van der Waals surface area contributed by atoms with Gasteiger partial charge in [0.15, 0.2) is 6.61 Å². The van der Waals surface area contributed by atoms with Crippen molar-refractivity contribution in [1.82, 2.24) is 10.2 Å². The SMILES string of the molecule is CCC(=O)N1CCc2ccc(OCC(=O)NCc3cccc(F)c3)cc2[C@H]1c1ccc(C)cc1. The second-order valence-electron chi connectivity index (χ2n) is 8.56. The Kier molecular flexibility index (Phi) is 7.26. The number of rotatable bonds is 7. The molecule has 176 valence electrons. The van der Waals surface area contributed by atoms with Crippen LogP contribution >= 0.6 is 0 Å². The van der Waals surface area contributed by atoms with Crippen molar-refractivity contribution in [3.63, 3.8) is 0 Å². The molecule has 1 aliphatic rings. The topological polar surface area (TPSA) is 58.6 Å². The summed E-state index contributed by atoms with van der Waals surface area (Å²) in [7, 11) is 0. The number of aryl methyl sites for hydroxylation is 1. The third-order valence-electron chi connectivity index (χ3n) is 6.11. The van der Waals surface area contributed by atoms with Gasteiger partial charge >= 0.3 is 0 Å². The summed E-state index contributed by atoms with van der Waals surface area (Å²) < 4.78 is 19.1. The van der Waals surface area contributed by atoms with Gasteiger partial charge in [0.25, 0.3) is 5.91 Å². The molecule has 34 heavy (non-hydrogen) atoms. The maximum atomic E-state index is 13.3. The number of carbonyl (C=O) groups excluding carboxylic acids is 2. The molecule has 6 heteroatoms. The minimum atomic E-state index is -0.337. The first kappa shape index (κ1) is 23.5. The Morgan fingerprint density at radius 1 is 1.09 bits per heavy atom. The van der Waals surface area contributed by atoms with E-state index in [-0.39, 0.29) is 36.8 Å². The molecule has 2 amide bonds. The number of nitrogens with zero attached hydrogens (tertiary/aromatic N) is 1. The van der Waals surface area contributed by atoms with Gasteiger partial charge in [-0.05, 0) is 59.9 Å². The van der Waals surface area contributed by atoms with E-state index in [1.807, 2.05) is 36.9 Å². The molecule has 1 N–H and O–H groups in total. The smallest absolute Gasteiger partial charge is 0.258 e. The number of halogens is 1. The number of fused-ring (bicyclic) bond motifs is 1. The van der Waals surface area contributed by atoms with Crippen LogP contribution in [0.15, 0.2) is 66.7 Å². The zero-order chi connectivity index (χ0) is 24.1. The molecule has 3 aromatic rings. The van der Waals surface area contributed by atoms with Crippen LogP contribution in [-0.2, 0) is 22.6 Å². The summed E-state index contributed by atoms with van der Waals surface area (Å²) in [5, 5.41) is 2.74. The number of carbonyl (C=O) groups is 2. The van der Waals surface area contributed by atoms with Crippen molar-refractivity contribution >= 4 is 11.8 Å². The van der Waals surface area contributed by atoms with Gasteiger partial charge in [0.1, 0.15) is 11.6 Å². The van der Waals surface area contributed by atoms with Crippen LogP contribution in [0.3, 0.4) is 0 Å². The van der Waals surface area contributed by atoms with Crippen LogP contribution in [0.25, 0.3) is 0 Å². The van der Waals surface area contributed by atoms with E-state index in [2.05, 4.69) is 29.6 Å². The average Bonchev–Trinajstić information content (AvgIpc) is 2.85. The third kappa shape index (κ3) is 5.45. The molecule has 0 aliphatic carbocycles. The standard InChI is InChI=1S/C28H29FN2O3/c1-3-27(33)31-14-13-21-11-12-24(16-25(21)28(31)22-9-7-19(2)8-10-22)34-18-26(32)30-17-20-5-4-6-23(29)15-20/h4-12,15-16,28H,3,13-14,17-18H2,1-2H3,(H,30,32)/t28-/m1/s1. The number of nitrogens with one attached hydrogen (secondary N) is 1. The average molecular weight is 461 g/mol. The Morgan fingerprint density at radius 2 is 1.88 bits per heavy atom. The van der Waals surface area contributed by atoms with Gasteiger partial charge in [0, 0.05) is 19.5 Å². The van der Waals surface area contributed by atoms with Gasteiger partial charge in [-0.2, -0.15) is 0 Å². The largest absolute Gasteiger partial charge is 0.484 e. The highest BCUT2D eigenvalue weighted by Crippen LogP contribution is 2.37. The quantitative estimate of drug-likeness (QED) is 0.555. The highest BCUT2D eigenvalue weighted by Gasteiger charge is 2.31. The predicted octanol–water partition coefficient (Wildman–Crippen LogP) is 4.71. The monoisotopic (exact) mass is 460 g/mol. The molecule has 0 aromatic heterocycles. The fourth-order valence-corrected chi connectivity index (χ4v) is 4.31. The van der Waals surface area contributed by atoms with Crippen molar-refractivity contribution in [2.24, 2.45) is 0 Å². The van der Waals surface area contributed by atoms with Crippen LogP contribution < -0.4 is 10.1 Å². The van der Waals surface area contributed by atoms with Crippen LogP contribution in [0.1, 0.15) is 47.2 Å². The Morgan fingerprint density at radius 3 is 2.62 bits per heavy atom. The zero-order valence-electron chi connectivity index (χ0n) is 19.5. The molecule has 1 heterocycles. The van der Waals surface area contributed by atoms with Gasteiger partial charge in [-0.15, -0.1) is 0 Å². The van der Waals surface area contributed by atoms with Crippen molar-refractivity contribution < 1.29 is 18.7 Å². The van der Waals surface area contributed by atoms with Crippen LogP contribution in [0.2, 0.25) is 0 Å². The molecular formula is C28H29FN2O3. The summed E-state index contributed by atoms with van der Waals surface area (Å²) in [5.41, 5.74) is 5.10. The van der Waals surface area contributed by atoms with Crippen molar-refractivity contribution in [2.45, 2.75) is 39.3 Å². The summed E-state index contributed by atoms with van der Waals surface area (Å²) in [6, 6.07) is 20.0. The second-order valence-corrected chi connectivity index (χ2v) is 8.56. The summed E-state index contributed by atoms with van der Waals surface area (Å²) in [6.07, 6.45) is 1.22. The molecule has 0 radical (unpaired) electrons. The maximum Gasteiger partial charge on any atom is 0.258 e. The molecule has 0 unspecified atom stereocenters. The lowest BCUT2D eigenvalue weighted by molar-refractivity contribution is -0.133. The lowest BCUT2D eigenvalue weighted by Gasteiger charge is -2.38. The van der Waals surface area contributed by atoms with Gasteiger partial charge in [-0.25, -0.2) is 4.39 Å². The highest BCUT2D eigenvalue weighted by atomic mass is 19.1. The summed E-state index contributed by atoms with van der Waals surface area (Å²) in [4.78, 5) is 27.0. The molecule has 0 fully saturated rings. The van der Waals surface area contributed by atoms with E-state index in [1.165, 1.54) is 17.7 Å². The first-order valence-electron chi connectivity index (χ1n) is 11.6. The second kappa shape index (κ2) is 10.5. The van der Waals surface area contributed by atoms with Crippen LogP contribution in [0, 0.1) is 12.7 Å². The number of ether oxygens (including phenoxy) is 1. The summed E-state index contributed by atoms with van der Waals surface area (Å²) >= 11 is 0. The Labute approximate surface area is 199 Å². The van der Waals surface area contributed by atoms with E-state index in [9.17, 15) is 14.0 Å². The van der Waals surface area contributed by atoms with Crippen LogP contribution in [0.4, 0.5) is 4.39 Å². The van der Waals surface area contributed by atoms with Gasteiger partial charge in [0.2, 0.25) is 5.91 Å². The third-order valence-corrected chi connectivity index (χ3v) is 6.11. The van der Waals surface area contributed by atoms with Gasteiger partial charge in [0.05, 0.1) is 6.04 Å². The minimum Gasteiger partial charge on any atom is -0.484 e. The molecule has 5 nitrogen and oxygen atoms in total. The fourth-order valence-electron chi connectivity index (χ4n) is 4.31. The first-order chi connectivity index (χ1) is 16.4. The van der Waals surface area contributed by atoms with E-state index in [4.69, 9.17) is 4.74 Å². The molecule has 0 bridgehead atoms. The molecule has 1 atom stereocenters. The van der Waals surface area contributed by atoms with E-state index in [0.29, 0.717) is 24.3 Å². The van der Waals surface area contributed by atoms with Crippen molar-refractivity contribution in [3.05, 3.63) is 100 Å². The molecule has 0 saturated carbocycles. The molecule has 3 aromatic carbocycles. The minimum absolute atomic E-state index is 0.110. The van der Waals surface area contributed by atoms with Gasteiger partial charge < -0.3 is 15.0 Å². The highest BCUT2D eigenvalue weighted by molar-refractivity contribution is 5.78. The van der Waals surface area contributed by atoms with E-state index in [0.717, 1.165) is 23.1 Å². The number of hydrogen-bond donors (Lipinski definition) is 1. The molecule has 4 rings (SSSR count). The number of benzene rings is 3. The molecule has 0 spiro atoms. The molecule has 0 saturated heterocycles. The lowest BCUT2D eigenvalue weighted by atomic mass is 9.87. The van der Waals surface area contributed by atoms with Crippen molar-refractivity contribution in [3.8, 4) is 5.75 Å². The Bertz CT molecular complexity index is 1180. The predicted molar refractivity (Wildman–Crippen MR) is 129 cm³/mol. The van der Waals surface area contributed by atoms with Crippen molar-refractivity contribution in [1.29, 1.82) is 0 Å². The summed E-state index contributed by atoms with van der Waals surface area (Å²) in [5.74, 6) is 0.0532. The summed E-state index contributed by atoms with van der Waals surface area (Å²) in [6.45, 7) is 4.67. The number of amides is 2. The maximum absolute atomic E-state index is 13.3. The van der Waals surface area contributed by atoms with E-state index in [1.54, 1.807) is 12.1 Å². The van der Waals surface area contributed by atoms with Gasteiger partial charge in [-0.3, -0.25) is 9.59 Å². The van der Waals surface area contributed by atoms with Gasteiger partial charge in [-0.1, -0.05) is 55.0 Å². The van der Waals surface area contributed by atoms with E-state index < -0.39 is 0 Å². The lowest BCUT2D eigenvalue weighted by Crippen LogP contribution is -2.40. The Hall–Kier alpha value is -3.67. The molecule has 1 aliphatic heterocycles. The van der Waals surface area contributed by atoms with E-state index >= 15 is 0 Å².